The summed E-state index contributed by atoms with van der Waals surface area (Å²) in [4.78, 5) is 23.7. The second-order valence-corrected chi connectivity index (χ2v) is 8.41. The second-order valence-electron chi connectivity index (χ2n) is 8.41. The standard InChI is InChI=1S/C30H25NO6/c1-4-35-26-14-9-22(10-15-26)21-5-7-24(8-6-21)30(32)37-27-16-11-23(12-17-27)25-13-18-29(36-20(2)3)28(19-25)31(33)34/h4-20H,1H2,2-3H3. The van der Waals surface area contributed by atoms with Crippen molar-refractivity contribution in [2.45, 2.75) is 20.0 Å². The minimum atomic E-state index is -0.486. The molecule has 0 saturated carbocycles. The van der Waals surface area contributed by atoms with Crippen LogP contribution in [-0.2, 0) is 0 Å². The molecule has 0 aliphatic heterocycles. The van der Waals surface area contributed by atoms with Crippen molar-refractivity contribution < 1.29 is 23.9 Å². The Balaban J connectivity index is 1.44. The van der Waals surface area contributed by atoms with Crippen LogP contribution in [0, 0.1) is 10.1 Å². The third-order valence-corrected chi connectivity index (χ3v) is 5.44. The lowest BCUT2D eigenvalue weighted by Gasteiger charge is -2.11. The summed E-state index contributed by atoms with van der Waals surface area (Å²) < 4.78 is 16.3. The number of carbonyl (C=O) groups is 1. The van der Waals surface area contributed by atoms with E-state index in [1.807, 2.05) is 50.2 Å². The SMILES string of the molecule is C=COc1ccc(-c2ccc(C(=O)Oc3ccc(-c4ccc(OC(C)C)c([N+](=O)[O-])c4)cc3)cc2)cc1. The third-order valence-electron chi connectivity index (χ3n) is 5.44. The first-order valence-corrected chi connectivity index (χ1v) is 11.6. The van der Waals surface area contributed by atoms with Gasteiger partial charge in [0.2, 0.25) is 0 Å². The lowest BCUT2D eigenvalue weighted by molar-refractivity contribution is -0.386. The summed E-state index contributed by atoms with van der Waals surface area (Å²) in [5.74, 6) is 0.796. The van der Waals surface area contributed by atoms with Crippen LogP contribution in [0.2, 0.25) is 0 Å². The van der Waals surface area contributed by atoms with Crippen molar-refractivity contribution in [1.29, 1.82) is 0 Å². The minimum Gasteiger partial charge on any atom is -0.484 e. The molecular formula is C30H25NO6. The molecule has 186 valence electrons. The molecule has 0 amide bonds. The topological polar surface area (TPSA) is 87.9 Å². The van der Waals surface area contributed by atoms with Crippen LogP contribution in [0.5, 0.6) is 17.2 Å². The van der Waals surface area contributed by atoms with Gasteiger partial charge in [0.1, 0.15) is 11.5 Å². The van der Waals surface area contributed by atoms with Gasteiger partial charge in [0.25, 0.3) is 0 Å². The van der Waals surface area contributed by atoms with Gasteiger partial charge in [-0.1, -0.05) is 49.0 Å². The Labute approximate surface area is 214 Å². The Morgan fingerprint density at radius 1 is 0.811 bits per heavy atom. The number of hydrogen-bond donors (Lipinski definition) is 0. The minimum absolute atomic E-state index is 0.105. The maximum absolute atomic E-state index is 12.6. The van der Waals surface area contributed by atoms with E-state index in [4.69, 9.17) is 14.2 Å². The zero-order valence-corrected chi connectivity index (χ0v) is 20.4. The molecule has 4 aromatic carbocycles. The molecule has 4 rings (SSSR count). The largest absolute Gasteiger partial charge is 0.484 e. The van der Waals surface area contributed by atoms with Gasteiger partial charge in [-0.15, -0.1) is 0 Å². The highest BCUT2D eigenvalue weighted by molar-refractivity contribution is 5.91. The van der Waals surface area contributed by atoms with Crippen LogP contribution in [0.1, 0.15) is 24.2 Å². The van der Waals surface area contributed by atoms with Crippen molar-refractivity contribution >= 4 is 11.7 Å². The van der Waals surface area contributed by atoms with Gasteiger partial charge in [-0.2, -0.15) is 0 Å². The average Bonchev–Trinajstić information content (AvgIpc) is 2.90. The molecule has 4 aromatic rings. The van der Waals surface area contributed by atoms with Crippen LogP contribution in [0.3, 0.4) is 0 Å². The van der Waals surface area contributed by atoms with E-state index in [0.29, 0.717) is 22.6 Å². The first kappa shape index (κ1) is 25.2. The normalized spacial score (nSPS) is 10.6. The Kier molecular flexibility index (Phi) is 7.64. The van der Waals surface area contributed by atoms with Gasteiger partial charge in [-0.05, 0) is 78.6 Å². The van der Waals surface area contributed by atoms with Crippen LogP contribution >= 0.6 is 0 Å². The molecule has 0 saturated heterocycles. The van der Waals surface area contributed by atoms with Crippen LogP contribution in [0.4, 0.5) is 5.69 Å². The Morgan fingerprint density at radius 2 is 1.32 bits per heavy atom. The Morgan fingerprint density at radius 3 is 1.86 bits per heavy atom. The van der Waals surface area contributed by atoms with Crippen LogP contribution in [0.25, 0.3) is 22.3 Å². The van der Waals surface area contributed by atoms with E-state index < -0.39 is 10.9 Å². The average molecular weight is 496 g/mol. The molecular weight excluding hydrogens is 470 g/mol. The first-order chi connectivity index (χ1) is 17.8. The molecule has 0 heterocycles. The molecule has 0 spiro atoms. The van der Waals surface area contributed by atoms with Crippen molar-refractivity contribution in [3.8, 4) is 39.5 Å². The summed E-state index contributed by atoms with van der Waals surface area (Å²) in [6.07, 6.45) is 1.19. The maximum atomic E-state index is 12.6. The predicted octanol–water partition coefficient (Wildman–Crippen LogP) is 7.46. The third kappa shape index (κ3) is 6.21. The van der Waals surface area contributed by atoms with E-state index in [0.717, 1.165) is 16.7 Å². The summed E-state index contributed by atoms with van der Waals surface area (Å²) in [6.45, 7) is 7.16. The second kappa shape index (κ2) is 11.2. The van der Waals surface area contributed by atoms with Crippen molar-refractivity contribution in [3.63, 3.8) is 0 Å². The quantitative estimate of drug-likeness (QED) is 0.0787. The van der Waals surface area contributed by atoms with E-state index >= 15 is 0 Å². The fourth-order valence-electron chi connectivity index (χ4n) is 3.70. The summed E-state index contributed by atoms with van der Waals surface area (Å²) in [5.41, 5.74) is 3.64. The van der Waals surface area contributed by atoms with Gasteiger partial charge in [0.15, 0.2) is 5.75 Å². The van der Waals surface area contributed by atoms with Crippen molar-refractivity contribution in [3.05, 3.63) is 120 Å². The molecule has 0 aromatic heterocycles. The zero-order chi connectivity index (χ0) is 26.4. The number of nitro groups is 1. The van der Waals surface area contributed by atoms with Crippen LogP contribution in [0.15, 0.2) is 104 Å². The highest BCUT2D eigenvalue weighted by Gasteiger charge is 2.18. The number of ether oxygens (including phenoxy) is 3. The van der Waals surface area contributed by atoms with E-state index in [2.05, 4.69) is 6.58 Å². The molecule has 0 N–H and O–H groups in total. The monoisotopic (exact) mass is 495 g/mol. The number of nitro benzene ring substituents is 1. The van der Waals surface area contributed by atoms with Gasteiger partial charge >= 0.3 is 11.7 Å². The lowest BCUT2D eigenvalue weighted by Crippen LogP contribution is -2.08. The van der Waals surface area contributed by atoms with Crippen LogP contribution < -0.4 is 14.2 Å². The summed E-state index contributed by atoms with van der Waals surface area (Å²) in [5, 5.41) is 11.5. The number of esters is 1. The number of nitrogens with zero attached hydrogens (tertiary/aromatic N) is 1. The fraction of sp³-hybridized carbons (Fsp3) is 0.100. The van der Waals surface area contributed by atoms with Crippen LogP contribution in [-0.4, -0.2) is 17.0 Å². The van der Waals surface area contributed by atoms with Gasteiger partial charge < -0.3 is 14.2 Å². The van der Waals surface area contributed by atoms with E-state index in [9.17, 15) is 14.9 Å². The highest BCUT2D eigenvalue weighted by atomic mass is 16.6. The summed E-state index contributed by atoms with van der Waals surface area (Å²) in [6, 6.07) is 26.3. The molecule has 7 heteroatoms. The summed E-state index contributed by atoms with van der Waals surface area (Å²) >= 11 is 0. The number of rotatable bonds is 9. The molecule has 0 bridgehead atoms. The molecule has 0 radical (unpaired) electrons. The van der Waals surface area contributed by atoms with Gasteiger partial charge in [0.05, 0.1) is 22.9 Å². The maximum Gasteiger partial charge on any atom is 0.343 e. The molecule has 37 heavy (non-hydrogen) atoms. The first-order valence-electron chi connectivity index (χ1n) is 11.6. The van der Waals surface area contributed by atoms with Crippen molar-refractivity contribution in [1.82, 2.24) is 0 Å². The molecule has 0 atom stereocenters. The summed E-state index contributed by atoms with van der Waals surface area (Å²) in [7, 11) is 0. The smallest absolute Gasteiger partial charge is 0.343 e. The molecule has 0 aliphatic carbocycles. The highest BCUT2D eigenvalue weighted by Crippen LogP contribution is 2.33. The molecule has 0 aliphatic rings. The molecule has 0 unspecified atom stereocenters. The number of benzene rings is 4. The Hall–Kier alpha value is -4.91. The van der Waals surface area contributed by atoms with E-state index in [1.54, 1.807) is 48.5 Å². The Bertz CT molecular complexity index is 1410. The van der Waals surface area contributed by atoms with E-state index in [1.165, 1.54) is 12.3 Å². The fourth-order valence-corrected chi connectivity index (χ4v) is 3.70. The van der Waals surface area contributed by atoms with Gasteiger partial charge in [-0.25, -0.2) is 4.79 Å². The van der Waals surface area contributed by atoms with Gasteiger partial charge in [0, 0.05) is 6.07 Å². The number of carbonyl (C=O) groups excluding carboxylic acids is 1. The molecule has 7 nitrogen and oxygen atoms in total. The van der Waals surface area contributed by atoms with Crippen molar-refractivity contribution in [2.24, 2.45) is 0 Å². The predicted molar refractivity (Wildman–Crippen MR) is 142 cm³/mol. The van der Waals surface area contributed by atoms with E-state index in [-0.39, 0.29) is 17.5 Å². The lowest BCUT2D eigenvalue weighted by atomic mass is 10.0. The van der Waals surface area contributed by atoms with Gasteiger partial charge in [-0.3, -0.25) is 10.1 Å². The molecule has 0 fully saturated rings. The van der Waals surface area contributed by atoms with Crippen molar-refractivity contribution in [2.75, 3.05) is 0 Å². The zero-order valence-electron chi connectivity index (χ0n) is 20.4. The number of hydrogen-bond acceptors (Lipinski definition) is 6.